The number of hydrogen-bond donors (Lipinski definition) is 2. The first-order valence-electron chi connectivity index (χ1n) is 3.95. The maximum atomic E-state index is 10.3. The van der Waals surface area contributed by atoms with Gasteiger partial charge < -0.3 is 14.2 Å². The molecule has 0 aliphatic carbocycles. The Morgan fingerprint density at radius 2 is 2.29 bits per heavy atom. The van der Waals surface area contributed by atoms with E-state index in [0.717, 1.165) is 6.08 Å². The van der Waals surface area contributed by atoms with Crippen LogP contribution in [-0.2, 0) is 25.6 Å². The second-order valence-corrected chi connectivity index (χ2v) is 5.68. The van der Waals surface area contributed by atoms with Crippen LogP contribution in [0.2, 0.25) is 0 Å². The summed E-state index contributed by atoms with van der Waals surface area (Å²) in [6.45, 7) is 1.42. The van der Waals surface area contributed by atoms with Crippen molar-refractivity contribution in [2.24, 2.45) is 0 Å². The highest BCUT2D eigenvalue weighted by Crippen LogP contribution is 2.44. The molecule has 0 aliphatic heterocycles. The average molecular weight is 239 g/mol. The zero-order valence-electron chi connectivity index (χ0n) is 8.31. The second-order valence-electron chi connectivity index (χ2n) is 2.38. The van der Waals surface area contributed by atoms with Gasteiger partial charge >= 0.3 is 12.6 Å². The van der Waals surface area contributed by atoms with Crippen molar-refractivity contribution in [2.75, 3.05) is 13.7 Å². The topological polar surface area (TPSA) is 67.8 Å². The summed E-state index contributed by atoms with van der Waals surface area (Å²) in [4.78, 5) is 10.3. The van der Waals surface area contributed by atoms with Crippen LogP contribution in [0.4, 0.5) is 0 Å². The van der Waals surface area contributed by atoms with Crippen molar-refractivity contribution >= 4 is 24.4 Å². The van der Waals surface area contributed by atoms with Gasteiger partial charge in [-0.05, 0) is 18.7 Å². The minimum Gasteiger partial charge on any atom is -0.478 e. The summed E-state index contributed by atoms with van der Waals surface area (Å²) in [6, 6.07) is 0. The fraction of sp³-hybridized carbons (Fsp3) is 0.571. The highest BCUT2D eigenvalue weighted by Gasteiger charge is 2.17. The number of rotatable bonds is 6. The molecule has 0 rings (SSSR count). The van der Waals surface area contributed by atoms with Crippen LogP contribution in [0.25, 0.3) is 0 Å². The molecule has 0 spiro atoms. The first kappa shape index (κ1) is 13.6. The molecule has 0 fully saturated rings. The lowest BCUT2D eigenvalue weighted by molar-refractivity contribution is -0.131. The van der Waals surface area contributed by atoms with E-state index >= 15 is 0 Å². The van der Waals surface area contributed by atoms with Gasteiger partial charge in [-0.1, -0.05) is 6.92 Å². The summed E-state index contributed by atoms with van der Waals surface area (Å²) >= 11 is 5.05. The molecule has 1 unspecified atom stereocenters. The summed E-state index contributed by atoms with van der Waals surface area (Å²) < 4.78 is 10.2. The van der Waals surface area contributed by atoms with Crippen molar-refractivity contribution in [1.82, 2.24) is 5.09 Å². The first-order valence-corrected chi connectivity index (χ1v) is 6.59. The Hall–Kier alpha value is -0.420. The van der Waals surface area contributed by atoms with E-state index in [2.05, 4.69) is 5.09 Å². The molecular weight excluding hydrogens is 225 g/mol. The highest BCUT2D eigenvalue weighted by molar-refractivity contribution is 8.09. The van der Waals surface area contributed by atoms with Gasteiger partial charge in [0.1, 0.15) is 5.76 Å². The zero-order valence-corrected chi connectivity index (χ0v) is 10.0. The van der Waals surface area contributed by atoms with Crippen molar-refractivity contribution in [1.29, 1.82) is 0 Å². The highest BCUT2D eigenvalue weighted by atomic mass is 32.5. The van der Waals surface area contributed by atoms with Crippen LogP contribution >= 0.6 is 6.64 Å². The molecule has 5 nitrogen and oxygen atoms in total. The number of carboxylic acids is 1. The maximum Gasteiger partial charge on any atom is 0.331 e. The van der Waals surface area contributed by atoms with Crippen molar-refractivity contribution in [2.45, 2.75) is 13.8 Å². The van der Waals surface area contributed by atoms with Crippen LogP contribution in [0.15, 0.2) is 11.8 Å². The van der Waals surface area contributed by atoms with Crippen LogP contribution in [0, 0.1) is 0 Å². The Morgan fingerprint density at radius 3 is 2.64 bits per heavy atom. The number of aliphatic carboxylic acids is 1. The summed E-state index contributed by atoms with van der Waals surface area (Å²) in [6.07, 6.45) is 0.942. The molecule has 14 heavy (non-hydrogen) atoms. The normalized spacial score (nSPS) is 16.1. The minimum atomic E-state index is -2.56. The first-order chi connectivity index (χ1) is 6.43. The van der Waals surface area contributed by atoms with Crippen LogP contribution in [-0.4, -0.2) is 24.7 Å². The van der Waals surface area contributed by atoms with Gasteiger partial charge in [-0.3, -0.25) is 0 Å². The van der Waals surface area contributed by atoms with Gasteiger partial charge in [-0.15, -0.1) is 0 Å². The summed E-state index contributed by atoms with van der Waals surface area (Å²) in [5.74, 6) is -0.847. The Bertz CT molecular complexity index is 279. The van der Waals surface area contributed by atoms with Gasteiger partial charge in [0.15, 0.2) is 0 Å². The molecule has 0 saturated heterocycles. The number of hydrogen-bond acceptors (Lipinski definition) is 4. The molecule has 2 N–H and O–H groups in total. The lowest BCUT2D eigenvalue weighted by Gasteiger charge is -2.21. The fourth-order valence-electron chi connectivity index (χ4n) is 0.718. The Labute approximate surface area is 88.3 Å². The molecule has 1 atom stereocenters. The van der Waals surface area contributed by atoms with E-state index in [0.29, 0.717) is 6.54 Å². The van der Waals surface area contributed by atoms with Gasteiger partial charge in [0, 0.05) is 13.7 Å². The molecule has 0 aromatic heterocycles. The van der Waals surface area contributed by atoms with Gasteiger partial charge in [-0.2, -0.15) is 0 Å². The molecule has 0 amide bonds. The third kappa shape index (κ3) is 5.34. The SMILES string of the molecule is CCNP(=S)(OC)O/C(C)=C\C(=O)O. The second kappa shape index (κ2) is 6.14. The Balaban J connectivity index is 4.46. The Morgan fingerprint density at radius 1 is 1.71 bits per heavy atom. The van der Waals surface area contributed by atoms with Crippen LogP contribution in [0.1, 0.15) is 13.8 Å². The number of allylic oxidation sites excluding steroid dienone is 1. The standard InChI is InChI=1S/C7H14NO4PS/c1-4-8-13(14,11-3)12-6(2)5-7(9)10/h5H,4H2,1-3H3,(H,8,14)(H,9,10)/b6-5-. The van der Waals surface area contributed by atoms with Crippen LogP contribution in [0.5, 0.6) is 0 Å². The third-order valence-electron chi connectivity index (χ3n) is 1.18. The quantitative estimate of drug-likeness (QED) is 0.415. The molecule has 0 radical (unpaired) electrons. The van der Waals surface area contributed by atoms with Crippen molar-refractivity contribution in [3.8, 4) is 0 Å². The van der Waals surface area contributed by atoms with Gasteiger partial charge in [-0.25, -0.2) is 9.88 Å². The van der Waals surface area contributed by atoms with E-state index in [4.69, 9.17) is 26.0 Å². The maximum absolute atomic E-state index is 10.3. The molecule has 7 heteroatoms. The van der Waals surface area contributed by atoms with E-state index in [1.165, 1.54) is 14.0 Å². The molecule has 0 bridgehead atoms. The van der Waals surface area contributed by atoms with E-state index in [1.807, 2.05) is 6.92 Å². The van der Waals surface area contributed by atoms with Crippen molar-refractivity contribution < 1.29 is 18.9 Å². The van der Waals surface area contributed by atoms with E-state index in [-0.39, 0.29) is 5.76 Å². The lowest BCUT2D eigenvalue weighted by atomic mass is 10.5. The summed E-state index contributed by atoms with van der Waals surface area (Å²) in [5, 5.41) is 11.3. The number of nitrogens with one attached hydrogen (secondary N) is 1. The predicted octanol–water partition coefficient (Wildman–Crippen LogP) is 1.47. The van der Waals surface area contributed by atoms with E-state index < -0.39 is 12.6 Å². The molecule has 82 valence electrons. The molecule has 0 aromatic carbocycles. The van der Waals surface area contributed by atoms with Crippen LogP contribution < -0.4 is 5.09 Å². The number of carboxylic acid groups (broad SMARTS) is 1. The molecule has 0 saturated carbocycles. The Kier molecular flexibility index (Phi) is 5.95. The fourth-order valence-corrected chi connectivity index (χ4v) is 2.54. The zero-order chi connectivity index (χ0) is 11.2. The molecule has 0 heterocycles. The predicted molar refractivity (Wildman–Crippen MR) is 57.4 cm³/mol. The molecule has 0 aliphatic rings. The van der Waals surface area contributed by atoms with Gasteiger partial charge in [0.25, 0.3) is 0 Å². The summed E-state index contributed by atoms with van der Waals surface area (Å²) in [5.41, 5.74) is 0. The van der Waals surface area contributed by atoms with E-state index in [1.54, 1.807) is 0 Å². The van der Waals surface area contributed by atoms with Gasteiger partial charge in [0.05, 0.1) is 6.08 Å². The van der Waals surface area contributed by atoms with Gasteiger partial charge in [0.2, 0.25) is 0 Å². The molecular formula is C7H14NO4PS. The van der Waals surface area contributed by atoms with Crippen molar-refractivity contribution in [3.63, 3.8) is 0 Å². The summed E-state index contributed by atoms with van der Waals surface area (Å²) in [7, 11) is 1.43. The third-order valence-corrected chi connectivity index (χ3v) is 3.95. The monoisotopic (exact) mass is 239 g/mol. The largest absolute Gasteiger partial charge is 0.478 e. The lowest BCUT2D eigenvalue weighted by Crippen LogP contribution is -2.12. The smallest absolute Gasteiger partial charge is 0.331 e. The average Bonchev–Trinajstić information content (AvgIpc) is 2.02. The number of carbonyl (C=O) groups is 1. The van der Waals surface area contributed by atoms with E-state index in [9.17, 15) is 4.79 Å². The minimum absolute atomic E-state index is 0.226. The van der Waals surface area contributed by atoms with Crippen LogP contribution in [0.3, 0.4) is 0 Å². The molecule has 0 aromatic rings. The van der Waals surface area contributed by atoms with Crippen molar-refractivity contribution in [3.05, 3.63) is 11.8 Å².